The summed E-state index contributed by atoms with van der Waals surface area (Å²) in [5.41, 5.74) is 1.10. The van der Waals surface area contributed by atoms with Gasteiger partial charge in [-0.05, 0) is 37.3 Å². The first-order chi connectivity index (χ1) is 11.6. The zero-order chi connectivity index (χ0) is 17.1. The number of carbonyl (C=O) groups excluding carboxylic acids is 2. The number of rotatable bonds is 3. The van der Waals surface area contributed by atoms with Gasteiger partial charge in [-0.2, -0.15) is 0 Å². The first-order valence-corrected chi connectivity index (χ1v) is 7.98. The Bertz CT molecular complexity index is 764. The molecule has 1 heterocycles. The highest BCUT2D eigenvalue weighted by atomic mass is 35.5. The highest BCUT2D eigenvalue weighted by Crippen LogP contribution is 2.18. The van der Waals surface area contributed by atoms with E-state index in [-0.39, 0.29) is 30.1 Å². The predicted octanol–water partition coefficient (Wildman–Crippen LogP) is 2.91. The van der Waals surface area contributed by atoms with E-state index in [1.54, 1.807) is 29.2 Å². The van der Waals surface area contributed by atoms with Crippen molar-refractivity contribution in [2.45, 2.75) is 13.0 Å². The van der Waals surface area contributed by atoms with Crippen molar-refractivity contribution in [3.63, 3.8) is 0 Å². The van der Waals surface area contributed by atoms with Crippen LogP contribution in [0.2, 0.25) is 0 Å². The van der Waals surface area contributed by atoms with Crippen molar-refractivity contribution in [1.82, 2.24) is 10.2 Å². The van der Waals surface area contributed by atoms with Crippen LogP contribution in [-0.4, -0.2) is 42.3 Å². The zero-order valence-electron chi connectivity index (χ0n) is 13.9. The van der Waals surface area contributed by atoms with Crippen LogP contribution >= 0.6 is 12.4 Å². The van der Waals surface area contributed by atoms with Gasteiger partial charge in [0, 0.05) is 36.8 Å². The van der Waals surface area contributed by atoms with Gasteiger partial charge in [-0.1, -0.05) is 18.2 Å². The van der Waals surface area contributed by atoms with Gasteiger partial charge in [0.25, 0.3) is 5.91 Å². The van der Waals surface area contributed by atoms with Crippen LogP contribution in [0, 0.1) is 5.82 Å². The van der Waals surface area contributed by atoms with E-state index >= 15 is 0 Å². The van der Waals surface area contributed by atoms with Crippen molar-refractivity contribution in [1.29, 1.82) is 0 Å². The fourth-order valence-corrected chi connectivity index (χ4v) is 2.91. The van der Waals surface area contributed by atoms with Gasteiger partial charge in [0.1, 0.15) is 5.82 Å². The minimum Gasteiger partial charge on any atom is -0.336 e. The molecule has 25 heavy (non-hydrogen) atoms. The van der Waals surface area contributed by atoms with E-state index in [0.29, 0.717) is 29.8 Å². The van der Waals surface area contributed by atoms with Gasteiger partial charge in [0.15, 0.2) is 5.78 Å². The Morgan fingerprint density at radius 1 is 1.08 bits per heavy atom. The molecule has 0 aromatic heterocycles. The number of halogens is 2. The molecular weight excluding hydrogens is 343 g/mol. The van der Waals surface area contributed by atoms with E-state index in [4.69, 9.17) is 0 Å². The van der Waals surface area contributed by atoms with Crippen LogP contribution in [0.3, 0.4) is 0 Å². The average Bonchev–Trinajstić information content (AvgIpc) is 2.61. The van der Waals surface area contributed by atoms with Gasteiger partial charge < -0.3 is 10.2 Å². The van der Waals surface area contributed by atoms with Crippen molar-refractivity contribution in [2.24, 2.45) is 0 Å². The molecule has 1 fully saturated rings. The van der Waals surface area contributed by atoms with Crippen molar-refractivity contribution in [3.8, 4) is 0 Å². The summed E-state index contributed by atoms with van der Waals surface area (Å²) >= 11 is 0. The number of nitrogens with one attached hydrogen (secondary N) is 1. The highest BCUT2D eigenvalue weighted by molar-refractivity contribution is 6.15. The topological polar surface area (TPSA) is 49.4 Å². The quantitative estimate of drug-likeness (QED) is 0.854. The average molecular weight is 363 g/mol. The minimum atomic E-state index is -0.397. The van der Waals surface area contributed by atoms with Crippen molar-refractivity contribution < 1.29 is 14.0 Å². The number of piperazine rings is 1. The SMILES string of the molecule is CC1CN(C(=O)c2ccccc2C(=O)c2ccc(F)cc2)CCN1.Cl. The van der Waals surface area contributed by atoms with Crippen LogP contribution in [0.1, 0.15) is 33.2 Å². The number of hydrogen-bond acceptors (Lipinski definition) is 3. The van der Waals surface area contributed by atoms with Gasteiger partial charge in [-0.15, -0.1) is 12.4 Å². The molecule has 132 valence electrons. The van der Waals surface area contributed by atoms with E-state index in [1.807, 2.05) is 6.92 Å². The fraction of sp³-hybridized carbons (Fsp3) is 0.263. The third-order valence-corrected chi connectivity index (χ3v) is 4.16. The van der Waals surface area contributed by atoms with E-state index in [0.717, 1.165) is 6.54 Å². The number of hydrogen-bond donors (Lipinski definition) is 1. The van der Waals surface area contributed by atoms with Gasteiger partial charge in [0.05, 0.1) is 5.56 Å². The van der Waals surface area contributed by atoms with Crippen LogP contribution in [0.15, 0.2) is 48.5 Å². The van der Waals surface area contributed by atoms with Gasteiger partial charge >= 0.3 is 0 Å². The van der Waals surface area contributed by atoms with Crippen LogP contribution in [0.25, 0.3) is 0 Å². The molecule has 0 spiro atoms. The second-order valence-electron chi connectivity index (χ2n) is 5.99. The van der Waals surface area contributed by atoms with Crippen molar-refractivity contribution in [2.75, 3.05) is 19.6 Å². The van der Waals surface area contributed by atoms with Gasteiger partial charge in [0.2, 0.25) is 0 Å². The monoisotopic (exact) mass is 362 g/mol. The van der Waals surface area contributed by atoms with E-state index in [1.165, 1.54) is 24.3 Å². The molecule has 2 aromatic rings. The molecule has 3 rings (SSSR count). The summed E-state index contributed by atoms with van der Waals surface area (Å²) in [5, 5.41) is 3.29. The number of ketones is 1. The molecule has 0 saturated carbocycles. The lowest BCUT2D eigenvalue weighted by atomic mass is 9.97. The zero-order valence-corrected chi connectivity index (χ0v) is 14.7. The number of carbonyl (C=O) groups is 2. The fourth-order valence-electron chi connectivity index (χ4n) is 2.91. The normalized spacial score (nSPS) is 16.9. The molecule has 0 aliphatic carbocycles. The smallest absolute Gasteiger partial charge is 0.254 e. The molecule has 6 heteroatoms. The van der Waals surface area contributed by atoms with E-state index < -0.39 is 5.82 Å². The first kappa shape index (κ1) is 19.1. The molecule has 1 unspecified atom stereocenters. The Balaban J connectivity index is 0.00000225. The predicted molar refractivity (Wildman–Crippen MR) is 96.9 cm³/mol. The highest BCUT2D eigenvalue weighted by Gasteiger charge is 2.25. The molecular formula is C19H20ClFN2O2. The second-order valence-corrected chi connectivity index (χ2v) is 5.99. The molecule has 4 nitrogen and oxygen atoms in total. The van der Waals surface area contributed by atoms with E-state index in [2.05, 4.69) is 5.32 Å². The Morgan fingerprint density at radius 3 is 2.36 bits per heavy atom. The summed E-state index contributed by atoms with van der Waals surface area (Å²) in [4.78, 5) is 27.3. The summed E-state index contributed by atoms with van der Waals surface area (Å²) in [6.45, 7) is 3.98. The lowest BCUT2D eigenvalue weighted by Crippen LogP contribution is -2.51. The summed E-state index contributed by atoms with van der Waals surface area (Å²) in [7, 11) is 0. The summed E-state index contributed by atoms with van der Waals surface area (Å²) in [5.74, 6) is -0.817. The first-order valence-electron chi connectivity index (χ1n) is 7.98. The van der Waals surface area contributed by atoms with E-state index in [9.17, 15) is 14.0 Å². The molecule has 1 aliphatic rings. The lowest BCUT2D eigenvalue weighted by molar-refractivity contribution is 0.0705. The molecule has 0 radical (unpaired) electrons. The molecule has 1 saturated heterocycles. The number of benzene rings is 2. The Hall–Kier alpha value is -2.24. The van der Waals surface area contributed by atoms with Crippen LogP contribution in [-0.2, 0) is 0 Å². The standard InChI is InChI=1S/C19H19FN2O2.ClH/c1-13-12-22(11-10-21-13)19(24)17-5-3-2-4-16(17)18(23)14-6-8-15(20)9-7-14;/h2-9,13,21H,10-12H2,1H3;1H. The Morgan fingerprint density at radius 2 is 1.72 bits per heavy atom. The molecule has 1 aliphatic heterocycles. The maximum absolute atomic E-state index is 13.1. The maximum Gasteiger partial charge on any atom is 0.254 e. The van der Waals surface area contributed by atoms with Crippen LogP contribution in [0.4, 0.5) is 4.39 Å². The van der Waals surface area contributed by atoms with Gasteiger partial charge in [-0.3, -0.25) is 9.59 Å². The van der Waals surface area contributed by atoms with Gasteiger partial charge in [-0.25, -0.2) is 4.39 Å². The summed E-state index contributed by atoms with van der Waals surface area (Å²) in [6, 6.07) is 12.4. The number of nitrogens with zero attached hydrogens (tertiary/aromatic N) is 1. The van der Waals surface area contributed by atoms with Crippen LogP contribution < -0.4 is 5.32 Å². The Kier molecular flexibility index (Phi) is 6.28. The molecule has 1 atom stereocenters. The second kappa shape index (κ2) is 8.23. The Labute approximate surface area is 152 Å². The molecule has 2 aromatic carbocycles. The minimum absolute atomic E-state index is 0. The number of amides is 1. The molecule has 1 N–H and O–H groups in total. The van der Waals surface area contributed by atoms with Crippen molar-refractivity contribution >= 4 is 24.1 Å². The maximum atomic E-state index is 13.1. The van der Waals surface area contributed by atoms with Crippen LogP contribution in [0.5, 0.6) is 0 Å². The lowest BCUT2D eigenvalue weighted by Gasteiger charge is -2.32. The third-order valence-electron chi connectivity index (χ3n) is 4.16. The summed E-state index contributed by atoms with van der Waals surface area (Å²) in [6.07, 6.45) is 0. The molecule has 0 bridgehead atoms. The summed E-state index contributed by atoms with van der Waals surface area (Å²) < 4.78 is 13.1. The molecule has 1 amide bonds. The third kappa shape index (κ3) is 4.24. The largest absolute Gasteiger partial charge is 0.336 e. The van der Waals surface area contributed by atoms with Crippen molar-refractivity contribution in [3.05, 3.63) is 71.0 Å².